The van der Waals surface area contributed by atoms with E-state index in [1.165, 1.54) is 0 Å². The van der Waals surface area contributed by atoms with Crippen molar-refractivity contribution in [3.05, 3.63) is 0 Å². The summed E-state index contributed by atoms with van der Waals surface area (Å²) in [6.45, 7) is 8.17. The highest BCUT2D eigenvalue weighted by Gasteiger charge is 2.45. The Bertz CT molecular complexity index is 187. The molecule has 1 heteroatoms. The first-order valence-corrected chi connectivity index (χ1v) is 3.72. The summed E-state index contributed by atoms with van der Waals surface area (Å²) in [5.41, 5.74) is -0.159. The van der Waals surface area contributed by atoms with Gasteiger partial charge in [0.15, 0.2) is 0 Å². The fourth-order valence-corrected chi connectivity index (χ4v) is 1.36. The van der Waals surface area contributed by atoms with Crippen LogP contribution < -0.4 is 0 Å². The van der Waals surface area contributed by atoms with Gasteiger partial charge in [-0.1, -0.05) is 12.8 Å². The largest absolute Gasteiger partial charge is 0.359 e. The first-order valence-electron chi connectivity index (χ1n) is 3.72. The molecule has 0 aromatic heterocycles. The van der Waals surface area contributed by atoms with E-state index in [4.69, 9.17) is 4.74 Å². The van der Waals surface area contributed by atoms with E-state index in [1.54, 1.807) is 0 Å². The summed E-state index contributed by atoms with van der Waals surface area (Å²) in [5.74, 6) is 6.52. The van der Waals surface area contributed by atoms with Crippen molar-refractivity contribution in [1.29, 1.82) is 0 Å². The summed E-state index contributed by atoms with van der Waals surface area (Å²) in [6, 6.07) is 0. The minimum absolute atomic E-state index is 0.159. The van der Waals surface area contributed by atoms with Crippen LogP contribution in [0.4, 0.5) is 0 Å². The lowest BCUT2D eigenvalue weighted by Gasteiger charge is -2.47. The van der Waals surface area contributed by atoms with Gasteiger partial charge in [-0.25, -0.2) is 0 Å². The average molecular weight is 138 g/mol. The number of hydrogen-bond acceptors (Lipinski definition) is 1. The Hall–Kier alpha value is -0.480. The zero-order valence-electron chi connectivity index (χ0n) is 7.06. The molecule has 0 spiro atoms. The van der Waals surface area contributed by atoms with Gasteiger partial charge in [-0.05, 0) is 20.8 Å². The van der Waals surface area contributed by atoms with Crippen LogP contribution in [-0.4, -0.2) is 11.7 Å². The third-order valence-corrected chi connectivity index (χ3v) is 2.38. The molecular weight excluding hydrogens is 124 g/mol. The molecule has 1 aliphatic rings. The van der Waals surface area contributed by atoms with Gasteiger partial charge in [-0.2, -0.15) is 0 Å². The Morgan fingerprint density at radius 3 is 2.30 bits per heavy atom. The van der Waals surface area contributed by atoms with Crippen molar-refractivity contribution in [1.82, 2.24) is 0 Å². The Kier molecular flexibility index (Phi) is 1.74. The van der Waals surface area contributed by atoms with Crippen molar-refractivity contribution in [2.75, 3.05) is 0 Å². The Morgan fingerprint density at radius 1 is 1.40 bits per heavy atom. The molecule has 0 aliphatic carbocycles. The quantitative estimate of drug-likeness (QED) is 0.464. The summed E-state index contributed by atoms with van der Waals surface area (Å²) in [7, 11) is 0. The number of hydrogen-bond donors (Lipinski definition) is 0. The third-order valence-electron chi connectivity index (χ3n) is 2.38. The minimum atomic E-state index is -0.159. The van der Waals surface area contributed by atoms with Crippen molar-refractivity contribution >= 4 is 0 Å². The van der Waals surface area contributed by atoms with E-state index in [1.807, 2.05) is 13.8 Å². The molecule has 0 aromatic carbocycles. The highest BCUT2D eigenvalue weighted by Crippen LogP contribution is 2.37. The second-order valence-corrected chi connectivity index (χ2v) is 3.09. The molecule has 1 fully saturated rings. The molecule has 0 radical (unpaired) electrons. The molecular formula is C9H14O. The maximum absolute atomic E-state index is 5.51. The van der Waals surface area contributed by atoms with E-state index >= 15 is 0 Å². The van der Waals surface area contributed by atoms with E-state index in [2.05, 4.69) is 25.7 Å². The minimum Gasteiger partial charge on any atom is -0.359 e. The monoisotopic (exact) mass is 138 g/mol. The van der Waals surface area contributed by atoms with Gasteiger partial charge in [-0.3, -0.25) is 0 Å². The zero-order valence-corrected chi connectivity index (χ0v) is 7.06. The second kappa shape index (κ2) is 2.29. The molecule has 56 valence electrons. The van der Waals surface area contributed by atoms with Gasteiger partial charge in [0.25, 0.3) is 0 Å². The van der Waals surface area contributed by atoms with Gasteiger partial charge < -0.3 is 4.74 Å². The average Bonchev–Trinajstić information content (AvgIpc) is 1.88. The van der Waals surface area contributed by atoms with Crippen molar-refractivity contribution in [2.45, 2.75) is 39.4 Å². The highest BCUT2D eigenvalue weighted by molar-refractivity contribution is 5.18. The Morgan fingerprint density at radius 2 is 2.00 bits per heavy atom. The van der Waals surface area contributed by atoms with Crippen molar-refractivity contribution in [2.24, 2.45) is 5.92 Å². The lowest BCUT2D eigenvalue weighted by atomic mass is 9.81. The molecule has 0 unspecified atom stereocenters. The van der Waals surface area contributed by atoms with E-state index < -0.39 is 0 Å². The standard InChI is InChI=1S/C9H14O/c1-5-6-9(4)7(2)8(3)10-9/h7-8H,1-4H3/t7-,8-,9+/m1/s1. The molecule has 1 nitrogen and oxygen atoms in total. The topological polar surface area (TPSA) is 9.23 Å². The maximum atomic E-state index is 5.51. The van der Waals surface area contributed by atoms with Crippen LogP contribution in [0.5, 0.6) is 0 Å². The third kappa shape index (κ3) is 0.932. The molecule has 1 saturated heterocycles. The van der Waals surface area contributed by atoms with Gasteiger partial charge in [-0.15, -0.1) is 5.92 Å². The molecule has 0 bridgehead atoms. The van der Waals surface area contributed by atoms with Crippen LogP contribution in [0, 0.1) is 17.8 Å². The summed E-state index contributed by atoms with van der Waals surface area (Å²) in [5, 5.41) is 0. The van der Waals surface area contributed by atoms with Crippen LogP contribution in [0.1, 0.15) is 27.7 Å². The highest BCUT2D eigenvalue weighted by atomic mass is 16.5. The van der Waals surface area contributed by atoms with E-state index in [0.29, 0.717) is 12.0 Å². The number of ether oxygens (including phenoxy) is 1. The lowest BCUT2D eigenvalue weighted by molar-refractivity contribution is -0.202. The van der Waals surface area contributed by atoms with E-state index in [9.17, 15) is 0 Å². The first-order chi connectivity index (χ1) is 4.60. The summed E-state index contributed by atoms with van der Waals surface area (Å²) in [4.78, 5) is 0. The molecule has 1 heterocycles. The summed E-state index contributed by atoms with van der Waals surface area (Å²) >= 11 is 0. The molecule has 1 aliphatic heterocycles. The molecule has 0 aromatic rings. The first kappa shape index (κ1) is 7.63. The Balaban J connectivity index is 2.63. The van der Waals surface area contributed by atoms with Gasteiger partial charge in [0.2, 0.25) is 0 Å². The predicted octanol–water partition coefficient (Wildman–Crippen LogP) is 1.82. The molecule has 0 N–H and O–H groups in total. The van der Waals surface area contributed by atoms with E-state index in [-0.39, 0.29) is 5.60 Å². The summed E-state index contributed by atoms with van der Waals surface area (Å²) < 4.78 is 5.51. The van der Waals surface area contributed by atoms with Crippen LogP contribution in [0.15, 0.2) is 0 Å². The van der Waals surface area contributed by atoms with Gasteiger partial charge >= 0.3 is 0 Å². The lowest BCUT2D eigenvalue weighted by Crippen LogP contribution is -2.54. The van der Waals surface area contributed by atoms with E-state index in [0.717, 1.165) is 0 Å². The fourth-order valence-electron chi connectivity index (χ4n) is 1.36. The van der Waals surface area contributed by atoms with Crippen molar-refractivity contribution in [3.63, 3.8) is 0 Å². The molecule has 0 saturated carbocycles. The molecule has 3 atom stereocenters. The van der Waals surface area contributed by atoms with Crippen molar-refractivity contribution in [3.8, 4) is 11.8 Å². The predicted molar refractivity (Wildman–Crippen MR) is 41.6 cm³/mol. The normalized spacial score (nSPS) is 45.2. The van der Waals surface area contributed by atoms with Crippen LogP contribution in [-0.2, 0) is 4.74 Å². The molecule has 0 amide bonds. The van der Waals surface area contributed by atoms with Crippen LogP contribution in [0.2, 0.25) is 0 Å². The van der Waals surface area contributed by atoms with Crippen LogP contribution in [0.25, 0.3) is 0 Å². The second-order valence-electron chi connectivity index (χ2n) is 3.09. The molecule has 1 rings (SSSR count). The Labute approximate surface area is 62.8 Å². The smallest absolute Gasteiger partial charge is 0.131 e. The summed E-state index contributed by atoms with van der Waals surface area (Å²) in [6.07, 6.45) is 0.380. The van der Waals surface area contributed by atoms with Crippen LogP contribution in [0.3, 0.4) is 0 Å². The molecule has 10 heavy (non-hydrogen) atoms. The van der Waals surface area contributed by atoms with Crippen LogP contribution >= 0.6 is 0 Å². The van der Waals surface area contributed by atoms with Gasteiger partial charge in [0.1, 0.15) is 5.60 Å². The maximum Gasteiger partial charge on any atom is 0.131 e. The zero-order chi connectivity index (χ0) is 7.78. The number of rotatable bonds is 0. The SMILES string of the molecule is CC#C[C@]1(C)O[C@H](C)[C@H]1C. The fraction of sp³-hybridized carbons (Fsp3) is 0.778. The van der Waals surface area contributed by atoms with Gasteiger partial charge in [0, 0.05) is 5.92 Å². The van der Waals surface area contributed by atoms with Gasteiger partial charge in [0.05, 0.1) is 6.10 Å². The van der Waals surface area contributed by atoms with Crippen molar-refractivity contribution < 1.29 is 4.74 Å².